The maximum Gasteiger partial charge on any atom is 0.326 e. The molecule has 0 aromatic heterocycles. The first-order valence-electron chi connectivity index (χ1n) is 13.1. The van der Waals surface area contributed by atoms with E-state index in [1.165, 1.54) is 0 Å². The van der Waals surface area contributed by atoms with Gasteiger partial charge in [-0.1, -0.05) is 36.8 Å². The molecule has 0 radical (unpaired) electrons. The standard InChI is InChI=1S/C26H42N6O7/c27-14-6-4-10-18(29)23(35)30-19(11-5-7-15-28)24(36)32-21(16-17-8-2-1-3-9-17)25(37)31-20(26(38)39)12-13-22(33)34/h1-3,8-9,18-21H,4-7,10-16,27-29H2,(H,30,35)(H,31,37)(H,32,36)(H,33,34)(H,38,39). The predicted molar refractivity (Wildman–Crippen MR) is 144 cm³/mol. The zero-order valence-corrected chi connectivity index (χ0v) is 22.1. The quantitative estimate of drug-likeness (QED) is 0.0941. The number of carboxylic acids is 2. The number of carbonyl (C=O) groups excluding carboxylic acids is 3. The molecule has 1 aromatic rings. The lowest BCUT2D eigenvalue weighted by molar-refractivity contribution is -0.143. The molecule has 0 saturated carbocycles. The SMILES string of the molecule is NCCCCC(N)C(=O)NC(CCCCN)C(=O)NC(Cc1ccccc1)C(=O)NC(CCC(=O)O)C(=O)O. The van der Waals surface area contributed by atoms with Gasteiger partial charge in [-0.25, -0.2) is 4.79 Å². The van der Waals surface area contributed by atoms with Gasteiger partial charge in [0.15, 0.2) is 0 Å². The lowest BCUT2D eigenvalue weighted by atomic mass is 10.0. The van der Waals surface area contributed by atoms with Crippen LogP contribution in [0.1, 0.15) is 56.9 Å². The van der Waals surface area contributed by atoms with Crippen molar-refractivity contribution >= 4 is 29.7 Å². The summed E-state index contributed by atoms with van der Waals surface area (Å²) in [5.74, 6) is -4.55. The van der Waals surface area contributed by atoms with Gasteiger partial charge in [0, 0.05) is 12.8 Å². The molecule has 39 heavy (non-hydrogen) atoms. The van der Waals surface area contributed by atoms with Gasteiger partial charge in [0.2, 0.25) is 17.7 Å². The Morgan fingerprint density at radius 3 is 1.79 bits per heavy atom. The molecule has 13 nitrogen and oxygen atoms in total. The second-order valence-corrected chi connectivity index (χ2v) is 9.32. The van der Waals surface area contributed by atoms with Crippen LogP contribution in [0.2, 0.25) is 0 Å². The van der Waals surface area contributed by atoms with Gasteiger partial charge in [0.25, 0.3) is 0 Å². The molecule has 13 heteroatoms. The zero-order chi connectivity index (χ0) is 29.2. The van der Waals surface area contributed by atoms with Crippen LogP contribution in [0.25, 0.3) is 0 Å². The molecular weight excluding hydrogens is 508 g/mol. The molecule has 4 unspecified atom stereocenters. The molecule has 11 N–H and O–H groups in total. The summed E-state index contributed by atoms with van der Waals surface area (Å²) in [5, 5.41) is 26.0. The number of nitrogens with two attached hydrogens (primary N) is 3. The maximum absolute atomic E-state index is 13.3. The molecule has 0 saturated heterocycles. The van der Waals surface area contributed by atoms with Crippen LogP contribution in [0.4, 0.5) is 0 Å². The van der Waals surface area contributed by atoms with E-state index in [2.05, 4.69) is 16.0 Å². The lowest BCUT2D eigenvalue weighted by Gasteiger charge is -2.25. The van der Waals surface area contributed by atoms with E-state index in [1.807, 2.05) is 0 Å². The fourth-order valence-corrected chi connectivity index (χ4v) is 3.81. The van der Waals surface area contributed by atoms with Crippen LogP contribution in [0.5, 0.6) is 0 Å². The Kier molecular flexibility index (Phi) is 16.0. The molecule has 0 heterocycles. The Hall–Kier alpha value is -3.55. The van der Waals surface area contributed by atoms with E-state index < -0.39 is 60.2 Å². The van der Waals surface area contributed by atoms with Gasteiger partial charge < -0.3 is 43.4 Å². The number of rotatable bonds is 20. The van der Waals surface area contributed by atoms with Crippen molar-refractivity contribution < 1.29 is 34.2 Å². The van der Waals surface area contributed by atoms with Crippen molar-refractivity contribution in [2.24, 2.45) is 17.2 Å². The van der Waals surface area contributed by atoms with Gasteiger partial charge in [-0.15, -0.1) is 0 Å². The van der Waals surface area contributed by atoms with Crippen LogP contribution in [-0.2, 0) is 30.4 Å². The Morgan fingerprint density at radius 2 is 1.23 bits per heavy atom. The van der Waals surface area contributed by atoms with Crippen LogP contribution in [0.15, 0.2) is 30.3 Å². The number of hydrogen-bond donors (Lipinski definition) is 8. The minimum absolute atomic E-state index is 0.0335. The summed E-state index contributed by atoms with van der Waals surface area (Å²) in [7, 11) is 0. The summed E-state index contributed by atoms with van der Waals surface area (Å²) in [6.07, 6.45) is 2.39. The number of carbonyl (C=O) groups is 5. The molecule has 0 spiro atoms. The molecule has 0 aliphatic rings. The van der Waals surface area contributed by atoms with Crippen molar-refractivity contribution in [3.8, 4) is 0 Å². The van der Waals surface area contributed by atoms with E-state index in [9.17, 15) is 29.1 Å². The van der Waals surface area contributed by atoms with Gasteiger partial charge in [-0.2, -0.15) is 0 Å². The zero-order valence-electron chi connectivity index (χ0n) is 22.1. The number of amides is 3. The molecule has 218 valence electrons. The first kappa shape index (κ1) is 33.5. The van der Waals surface area contributed by atoms with Crippen LogP contribution in [0, 0.1) is 0 Å². The summed E-state index contributed by atoms with van der Waals surface area (Å²) in [4.78, 5) is 61.6. The second-order valence-electron chi connectivity index (χ2n) is 9.32. The molecule has 0 bridgehead atoms. The highest BCUT2D eigenvalue weighted by Crippen LogP contribution is 2.08. The van der Waals surface area contributed by atoms with Crippen molar-refractivity contribution in [3.63, 3.8) is 0 Å². The van der Waals surface area contributed by atoms with Crippen molar-refractivity contribution in [2.75, 3.05) is 13.1 Å². The third-order valence-electron chi connectivity index (χ3n) is 6.06. The largest absolute Gasteiger partial charge is 0.481 e. The first-order valence-corrected chi connectivity index (χ1v) is 13.1. The molecule has 1 rings (SSSR count). The van der Waals surface area contributed by atoms with Crippen LogP contribution in [-0.4, -0.2) is 77.1 Å². The smallest absolute Gasteiger partial charge is 0.326 e. The Labute approximate surface area is 228 Å². The van der Waals surface area contributed by atoms with Crippen molar-refractivity contribution in [1.29, 1.82) is 0 Å². The Morgan fingerprint density at radius 1 is 0.692 bits per heavy atom. The average molecular weight is 551 g/mol. The van der Waals surface area contributed by atoms with E-state index >= 15 is 0 Å². The Balaban J connectivity index is 3.07. The summed E-state index contributed by atoms with van der Waals surface area (Å²) in [6, 6.07) is 4.27. The van der Waals surface area contributed by atoms with E-state index in [0.29, 0.717) is 50.8 Å². The summed E-state index contributed by atoms with van der Waals surface area (Å²) in [5.41, 5.74) is 17.7. The van der Waals surface area contributed by atoms with Crippen LogP contribution >= 0.6 is 0 Å². The highest BCUT2D eigenvalue weighted by Gasteiger charge is 2.30. The fourth-order valence-electron chi connectivity index (χ4n) is 3.81. The van der Waals surface area contributed by atoms with Crippen molar-refractivity contribution in [3.05, 3.63) is 35.9 Å². The molecule has 0 aliphatic carbocycles. The number of carboxylic acid groups (broad SMARTS) is 2. The fraction of sp³-hybridized carbons (Fsp3) is 0.577. The van der Waals surface area contributed by atoms with E-state index in [-0.39, 0.29) is 19.3 Å². The minimum Gasteiger partial charge on any atom is -0.481 e. The van der Waals surface area contributed by atoms with Crippen molar-refractivity contribution in [1.82, 2.24) is 16.0 Å². The molecule has 4 atom stereocenters. The molecule has 0 aliphatic heterocycles. The number of hydrogen-bond acceptors (Lipinski definition) is 8. The number of nitrogens with one attached hydrogen (secondary N) is 3. The lowest BCUT2D eigenvalue weighted by Crippen LogP contribution is -2.57. The molecule has 3 amide bonds. The second kappa shape index (κ2) is 18.7. The third-order valence-corrected chi connectivity index (χ3v) is 6.06. The third kappa shape index (κ3) is 13.7. The van der Waals surface area contributed by atoms with Gasteiger partial charge in [-0.05, 0) is 57.2 Å². The topological polar surface area (TPSA) is 240 Å². The van der Waals surface area contributed by atoms with Crippen LogP contribution in [0.3, 0.4) is 0 Å². The summed E-state index contributed by atoms with van der Waals surface area (Å²) in [6.45, 7) is 0.870. The minimum atomic E-state index is -1.46. The normalized spacial score (nSPS) is 13.9. The van der Waals surface area contributed by atoms with Crippen molar-refractivity contribution in [2.45, 2.75) is 82.0 Å². The Bertz CT molecular complexity index is 931. The van der Waals surface area contributed by atoms with Gasteiger partial charge in [0.1, 0.15) is 18.1 Å². The molecule has 0 fully saturated rings. The first-order chi connectivity index (χ1) is 18.6. The average Bonchev–Trinajstić information content (AvgIpc) is 2.90. The van der Waals surface area contributed by atoms with Gasteiger partial charge in [-0.3, -0.25) is 19.2 Å². The highest BCUT2D eigenvalue weighted by atomic mass is 16.4. The molecule has 1 aromatic carbocycles. The summed E-state index contributed by atoms with van der Waals surface area (Å²) < 4.78 is 0. The van der Waals surface area contributed by atoms with Crippen LogP contribution < -0.4 is 33.2 Å². The number of aliphatic carboxylic acids is 2. The highest BCUT2D eigenvalue weighted by molar-refractivity contribution is 5.94. The predicted octanol–water partition coefficient (Wildman–Crippen LogP) is -0.782. The maximum atomic E-state index is 13.3. The summed E-state index contributed by atoms with van der Waals surface area (Å²) >= 11 is 0. The van der Waals surface area contributed by atoms with E-state index in [4.69, 9.17) is 22.3 Å². The van der Waals surface area contributed by atoms with E-state index in [0.717, 1.165) is 0 Å². The van der Waals surface area contributed by atoms with E-state index in [1.54, 1.807) is 30.3 Å². The molecular formula is C26H42N6O7. The number of benzene rings is 1. The number of unbranched alkanes of at least 4 members (excludes halogenated alkanes) is 2. The van der Waals surface area contributed by atoms with Gasteiger partial charge >= 0.3 is 11.9 Å². The van der Waals surface area contributed by atoms with Gasteiger partial charge in [0.05, 0.1) is 6.04 Å². The monoisotopic (exact) mass is 550 g/mol.